The van der Waals surface area contributed by atoms with Crippen LogP contribution in [0.5, 0.6) is 0 Å². The van der Waals surface area contributed by atoms with Crippen LogP contribution in [0.4, 0.5) is 0 Å². The Labute approximate surface area is 159 Å². The zero-order valence-electron chi connectivity index (χ0n) is 11.8. The molecule has 0 amide bonds. The molecule has 0 saturated carbocycles. The Hall–Kier alpha value is -1.99. The van der Waals surface area contributed by atoms with Gasteiger partial charge in [-0.2, -0.15) is 0 Å². The second-order valence-corrected chi connectivity index (χ2v) is 5.93. The van der Waals surface area contributed by atoms with Crippen molar-refractivity contribution in [2.45, 2.75) is 0 Å². The van der Waals surface area contributed by atoms with E-state index in [0.29, 0.717) is 0 Å². The SMILES string of the molecule is O=C(Cl)c1cc(Cl)c(C(=O)C(=O)c2cccc(C(=O)Cl)c2C(=O)Cl)o1. The van der Waals surface area contributed by atoms with E-state index in [-0.39, 0.29) is 10.6 Å². The quantitative estimate of drug-likeness (QED) is 0.395. The van der Waals surface area contributed by atoms with Gasteiger partial charge in [-0.25, -0.2) is 0 Å². The minimum atomic E-state index is -1.27. The molecule has 1 aromatic heterocycles. The molecule has 0 N–H and O–H groups in total. The minimum absolute atomic E-state index is 0.328. The number of Topliss-reactive ketones (excluding diaryl/α,β-unsaturated/α-hetero) is 2. The summed E-state index contributed by atoms with van der Waals surface area (Å²) in [6.45, 7) is 0. The van der Waals surface area contributed by atoms with Gasteiger partial charge in [-0.05, 0) is 40.9 Å². The molecule has 1 heterocycles. The first-order valence-electron chi connectivity index (χ1n) is 6.26. The van der Waals surface area contributed by atoms with Crippen LogP contribution in [0.25, 0.3) is 0 Å². The van der Waals surface area contributed by atoms with Gasteiger partial charge < -0.3 is 4.42 Å². The highest BCUT2D eigenvalue weighted by atomic mass is 35.5. The fourth-order valence-electron chi connectivity index (χ4n) is 1.96. The molecule has 0 aliphatic carbocycles. The Bertz CT molecular complexity index is 943. The predicted molar refractivity (Wildman–Crippen MR) is 89.4 cm³/mol. The highest BCUT2D eigenvalue weighted by Gasteiger charge is 2.30. The number of carbonyl (C=O) groups is 5. The molecule has 1 aromatic carbocycles. The van der Waals surface area contributed by atoms with E-state index in [1.807, 2.05) is 0 Å². The molecule has 0 aliphatic rings. The summed E-state index contributed by atoms with van der Waals surface area (Å²) in [5.74, 6) is -3.60. The maximum atomic E-state index is 12.4. The standard InChI is InChI=1S/C15H4Cl4O6/c16-7-4-8(14(18)23)25-12(7)11(21)10(20)5-2-1-3-6(13(17)22)9(5)15(19)24/h1-4H. The van der Waals surface area contributed by atoms with Gasteiger partial charge in [0.2, 0.25) is 5.78 Å². The Balaban J connectivity index is 2.56. The van der Waals surface area contributed by atoms with Gasteiger partial charge >= 0.3 is 0 Å². The first-order valence-corrected chi connectivity index (χ1v) is 7.77. The first kappa shape index (κ1) is 19.3. The average molecular weight is 422 g/mol. The number of ketones is 2. The third-order valence-electron chi connectivity index (χ3n) is 3.01. The maximum Gasteiger partial charge on any atom is 0.287 e. The number of benzene rings is 1. The number of furan rings is 1. The highest BCUT2D eigenvalue weighted by Crippen LogP contribution is 2.26. The lowest BCUT2D eigenvalue weighted by molar-refractivity contribution is 0.0797. The second-order valence-electron chi connectivity index (χ2n) is 4.50. The molecular weight excluding hydrogens is 418 g/mol. The van der Waals surface area contributed by atoms with Crippen molar-refractivity contribution in [2.75, 3.05) is 0 Å². The van der Waals surface area contributed by atoms with Crippen LogP contribution in [0.1, 0.15) is 52.2 Å². The molecule has 128 valence electrons. The monoisotopic (exact) mass is 420 g/mol. The van der Waals surface area contributed by atoms with Gasteiger partial charge in [0.15, 0.2) is 11.5 Å². The van der Waals surface area contributed by atoms with E-state index >= 15 is 0 Å². The summed E-state index contributed by atoms with van der Waals surface area (Å²) in [5, 5.41) is -3.56. The second kappa shape index (κ2) is 7.49. The number of halogens is 4. The largest absolute Gasteiger partial charge is 0.446 e. The van der Waals surface area contributed by atoms with E-state index in [4.69, 9.17) is 50.8 Å². The zero-order valence-corrected chi connectivity index (χ0v) is 14.8. The van der Waals surface area contributed by atoms with Crippen LogP contribution < -0.4 is 0 Å². The molecule has 0 aliphatic heterocycles. The van der Waals surface area contributed by atoms with Crippen LogP contribution in [-0.2, 0) is 0 Å². The molecule has 0 spiro atoms. The molecular formula is C15H4Cl4O6. The number of rotatable bonds is 6. The van der Waals surface area contributed by atoms with Gasteiger partial charge in [0.05, 0.1) is 10.6 Å². The van der Waals surface area contributed by atoms with E-state index in [1.165, 1.54) is 6.07 Å². The molecule has 2 rings (SSSR count). The predicted octanol–water partition coefficient (Wildman–Crippen LogP) is 4.14. The Morgan fingerprint density at radius 2 is 1.40 bits per heavy atom. The van der Waals surface area contributed by atoms with E-state index in [1.54, 1.807) is 0 Å². The van der Waals surface area contributed by atoms with Gasteiger partial charge in [-0.3, -0.25) is 24.0 Å². The van der Waals surface area contributed by atoms with Crippen molar-refractivity contribution in [2.24, 2.45) is 0 Å². The Morgan fingerprint density at radius 3 is 1.88 bits per heavy atom. The molecule has 0 radical (unpaired) electrons. The van der Waals surface area contributed by atoms with Crippen molar-refractivity contribution in [3.05, 3.63) is 57.5 Å². The fraction of sp³-hybridized carbons (Fsp3) is 0. The lowest BCUT2D eigenvalue weighted by atomic mass is 9.96. The molecule has 0 unspecified atom stereocenters. The van der Waals surface area contributed by atoms with Crippen molar-refractivity contribution >= 4 is 73.7 Å². The summed E-state index contributed by atoms with van der Waals surface area (Å²) in [4.78, 5) is 58.7. The van der Waals surface area contributed by atoms with Gasteiger partial charge in [0, 0.05) is 17.2 Å². The van der Waals surface area contributed by atoms with Crippen LogP contribution in [-0.4, -0.2) is 27.3 Å². The molecule has 2 aromatic rings. The third-order valence-corrected chi connectivity index (χ3v) is 3.87. The summed E-state index contributed by atoms with van der Waals surface area (Å²) in [6, 6.07) is 4.46. The van der Waals surface area contributed by atoms with E-state index in [0.717, 1.165) is 18.2 Å². The van der Waals surface area contributed by atoms with E-state index in [9.17, 15) is 24.0 Å². The lowest BCUT2D eigenvalue weighted by Gasteiger charge is -2.07. The third kappa shape index (κ3) is 3.82. The van der Waals surface area contributed by atoms with Crippen molar-refractivity contribution in [3.8, 4) is 0 Å². The van der Waals surface area contributed by atoms with Crippen LogP contribution in [0.3, 0.4) is 0 Å². The maximum absolute atomic E-state index is 12.4. The topological polar surface area (TPSA) is 98.5 Å². The summed E-state index contributed by atoms with van der Waals surface area (Å²) in [5.41, 5.74) is -1.34. The summed E-state index contributed by atoms with van der Waals surface area (Å²) < 4.78 is 4.86. The Morgan fingerprint density at radius 1 is 0.800 bits per heavy atom. The van der Waals surface area contributed by atoms with E-state index in [2.05, 4.69) is 0 Å². The normalized spacial score (nSPS) is 10.4. The molecule has 0 atom stereocenters. The molecule has 0 saturated heterocycles. The van der Waals surface area contributed by atoms with Crippen LogP contribution in [0.15, 0.2) is 28.7 Å². The smallest absolute Gasteiger partial charge is 0.287 e. The van der Waals surface area contributed by atoms with Crippen LogP contribution >= 0.6 is 46.4 Å². The van der Waals surface area contributed by atoms with Crippen molar-refractivity contribution in [1.29, 1.82) is 0 Å². The number of carbonyl (C=O) groups excluding carboxylic acids is 5. The molecule has 0 bridgehead atoms. The van der Waals surface area contributed by atoms with Crippen molar-refractivity contribution in [1.82, 2.24) is 0 Å². The first-order chi connectivity index (χ1) is 11.6. The van der Waals surface area contributed by atoms with Crippen LogP contribution in [0, 0.1) is 0 Å². The minimum Gasteiger partial charge on any atom is -0.446 e. The zero-order chi connectivity index (χ0) is 18.9. The number of hydrogen-bond acceptors (Lipinski definition) is 6. The fourth-order valence-corrected chi connectivity index (χ4v) is 2.64. The molecule has 25 heavy (non-hydrogen) atoms. The average Bonchev–Trinajstić information content (AvgIpc) is 2.94. The van der Waals surface area contributed by atoms with Gasteiger partial charge in [-0.1, -0.05) is 23.7 Å². The van der Waals surface area contributed by atoms with Crippen molar-refractivity contribution < 1.29 is 28.4 Å². The van der Waals surface area contributed by atoms with Gasteiger partial charge in [0.1, 0.15) is 0 Å². The molecule has 0 fully saturated rings. The molecule has 6 nitrogen and oxygen atoms in total. The summed E-state index contributed by atoms with van der Waals surface area (Å²) in [7, 11) is 0. The number of hydrogen-bond donors (Lipinski definition) is 0. The van der Waals surface area contributed by atoms with Gasteiger partial charge in [-0.15, -0.1) is 0 Å². The lowest BCUT2D eigenvalue weighted by Crippen LogP contribution is -2.19. The van der Waals surface area contributed by atoms with Crippen molar-refractivity contribution in [3.63, 3.8) is 0 Å². The summed E-state index contributed by atoms with van der Waals surface area (Å²) >= 11 is 21.7. The van der Waals surface area contributed by atoms with E-state index < -0.39 is 49.9 Å². The highest BCUT2D eigenvalue weighted by molar-refractivity contribution is 6.72. The summed E-state index contributed by atoms with van der Waals surface area (Å²) in [6.07, 6.45) is 0. The van der Waals surface area contributed by atoms with Gasteiger partial charge in [0.25, 0.3) is 21.5 Å². The Kier molecular flexibility index (Phi) is 5.80. The van der Waals surface area contributed by atoms with Crippen LogP contribution in [0.2, 0.25) is 5.02 Å². The molecule has 10 heteroatoms.